The second kappa shape index (κ2) is 5.90. The van der Waals surface area contributed by atoms with Gasteiger partial charge in [-0.2, -0.15) is 0 Å². The van der Waals surface area contributed by atoms with Crippen molar-refractivity contribution in [3.05, 3.63) is 35.9 Å². The summed E-state index contributed by atoms with van der Waals surface area (Å²) in [6, 6.07) is 11.0. The van der Waals surface area contributed by atoms with E-state index in [-0.39, 0.29) is 0 Å². The van der Waals surface area contributed by atoms with Crippen molar-refractivity contribution in [2.75, 3.05) is 0 Å². The minimum atomic E-state index is 0.495. The molecule has 2 fully saturated rings. The number of carbonyl (C=O) groups is 1. The number of rotatable bonds is 2. The summed E-state index contributed by atoms with van der Waals surface area (Å²) in [5.41, 5.74) is 1.53. The lowest BCUT2D eigenvalue weighted by Crippen LogP contribution is -2.25. The summed E-state index contributed by atoms with van der Waals surface area (Å²) in [6.45, 7) is 0. The van der Waals surface area contributed by atoms with Crippen molar-refractivity contribution in [3.8, 4) is 0 Å². The van der Waals surface area contributed by atoms with E-state index in [1.807, 2.05) is 0 Å². The third kappa shape index (κ3) is 3.08. The standard InChI is InChI=1S/C18H24O/c19-18-12-10-17(11-13-18)16-8-6-15(7-9-16)14-4-2-1-3-5-14/h1-5,15-17H,6-13H2/t15-,16-. The number of Topliss-reactive ketones (excluding diaryl/α,β-unsaturated/α-hetero) is 1. The molecule has 0 bridgehead atoms. The summed E-state index contributed by atoms with van der Waals surface area (Å²) in [5, 5.41) is 0. The lowest BCUT2D eigenvalue weighted by molar-refractivity contribution is -0.121. The molecule has 1 nitrogen and oxygen atoms in total. The average molecular weight is 256 g/mol. The van der Waals surface area contributed by atoms with Crippen LogP contribution in [0, 0.1) is 11.8 Å². The molecule has 19 heavy (non-hydrogen) atoms. The fourth-order valence-corrected chi connectivity index (χ4v) is 4.08. The van der Waals surface area contributed by atoms with Gasteiger partial charge in [0.2, 0.25) is 0 Å². The first-order chi connectivity index (χ1) is 9.33. The maximum atomic E-state index is 11.3. The topological polar surface area (TPSA) is 17.1 Å². The molecule has 0 heterocycles. The van der Waals surface area contributed by atoms with Gasteiger partial charge in [-0.25, -0.2) is 0 Å². The average Bonchev–Trinajstić information content (AvgIpc) is 2.49. The molecular weight excluding hydrogens is 232 g/mol. The number of hydrogen-bond acceptors (Lipinski definition) is 1. The molecule has 102 valence electrons. The van der Waals surface area contributed by atoms with Crippen LogP contribution in [0.25, 0.3) is 0 Å². The van der Waals surface area contributed by atoms with E-state index in [0.29, 0.717) is 5.78 Å². The predicted octanol–water partition coefficient (Wildman–Crippen LogP) is 4.72. The minimum absolute atomic E-state index is 0.495. The summed E-state index contributed by atoms with van der Waals surface area (Å²) in [6.07, 6.45) is 9.47. The summed E-state index contributed by atoms with van der Waals surface area (Å²) in [4.78, 5) is 11.3. The Bertz CT molecular complexity index is 405. The van der Waals surface area contributed by atoms with Gasteiger partial charge < -0.3 is 0 Å². The molecule has 1 aromatic rings. The van der Waals surface area contributed by atoms with E-state index in [2.05, 4.69) is 30.3 Å². The SMILES string of the molecule is O=C1CCC([C@H]2CC[C@H](c3ccccc3)CC2)CC1. The molecule has 1 aromatic carbocycles. The molecule has 2 saturated carbocycles. The van der Waals surface area contributed by atoms with E-state index < -0.39 is 0 Å². The van der Waals surface area contributed by atoms with Crippen molar-refractivity contribution in [1.82, 2.24) is 0 Å². The smallest absolute Gasteiger partial charge is 0.132 e. The molecule has 0 radical (unpaired) electrons. The molecule has 3 rings (SSSR count). The highest BCUT2D eigenvalue weighted by atomic mass is 16.1. The van der Waals surface area contributed by atoms with E-state index in [1.165, 1.54) is 44.1 Å². The van der Waals surface area contributed by atoms with Crippen molar-refractivity contribution >= 4 is 5.78 Å². The Hall–Kier alpha value is -1.11. The molecule has 0 amide bonds. The van der Waals surface area contributed by atoms with Crippen LogP contribution in [0.3, 0.4) is 0 Å². The Morgan fingerprint density at radius 2 is 1.32 bits per heavy atom. The monoisotopic (exact) mass is 256 g/mol. The Kier molecular flexibility index (Phi) is 4.00. The van der Waals surface area contributed by atoms with Gasteiger partial charge in [-0.15, -0.1) is 0 Å². The molecule has 2 aliphatic carbocycles. The maximum absolute atomic E-state index is 11.3. The van der Waals surface area contributed by atoms with Crippen LogP contribution in [0.4, 0.5) is 0 Å². The van der Waals surface area contributed by atoms with E-state index in [1.54, 1.807) is 0 Å². The first-order valence-corrected chi connectivity index (χ1v) is 7.89. The van der Waals surface area contributed by atoms with E-state index >= 15 is 0 Å². The van der Waals surface area contributed by atoms with Crippen molar-refractivity contribution < 1.29 is 4.79 Å². The highest BCUT2D eigenvalue weighted by molar-refractivity contribution is 5.79. The molecule has 0 aromatic heterocycles. The summed E-state index contributed by atoms with van der Waals surface area (Å²) in [5.74, 6) is 3.01. The van der Waals surface area contributed by atoms with Gasteiger partial charge in [0, 0.05) is 12.8 Å². The van der Waals surface area contributed by atoms with Crippen molar-refractivity contribution in [2.45, 2.75) is 57.3 Å². The van der Waals surface area contributed by atoms with Crippen LogP contribution in [0.2, 0.25) is 0 Å². The Morgan fingerprint density at radius 1 is 0.737 bits per heavy atom. The predicted molar refractivity (Wildman–Crippen MR) is 78.1 cm³/mol. The lowest BCUT2D eigenvalue weighted by Gasteiger charge is -2.35. The largest absolute Gasteiger partial charge is 0.300 e. The van der Waals surface area contributed by atoms with Gasteiger partial charge in [0.15, 0.2) is 0 Å². The Balaban J connectivity index is 1.53. The van der Waals surface area contributed by atoms with E-state index in [9.17, 15) is 4.79 Å². The van der Waals surface area contributed by atoms with Crippen LogP contribution in [-0.4, -0.2) is 5.78 Å². The molecule has 0 aliphatic heterocycles. The lowest BCUT2D eigenvalue weighted by atomic mass is 9.70. The molecule has 0 unspecified atom stereocenters. The highest BCUT2D eigenvalue weighted by Crippen LogP contribution is 2.42. The van der Waals surface area contributed by atoms with Gasteiger partial charge in [-0.05, 0) is 61.8 Å². The number of ketones is 1. The van der Waals surface area contributed by atoms with Gasteiger partial charge in [0.05, 0.1) is 0 Å². The maximum Gasteiger partial charge on any atom is 0.132 e. The molecule has 0 N–H and O–H groups in total. The zero-order chi connectivity index (χ0) is 13.1. The van der Waals surface area contributed by atoms with Crippen molar-refractivity contribution in [1.29, 1.82) is 0 Å². The van der Waals surface area contributed by atoms with Crippen LogP contribution in [0.5, 0.6) is 0 Å². The fraction of sp³-hybridized carbons (Fsp3) is 0.611. The van der Waals surface area contributed by atoms with E-state index in [0.717, 1.165) is 30.6 Å². The third-order valence-corrected chi connectivity index (χ3v) is 5.30. The summed E-state index contributed by atoms with van der Waals surface area (Å²) >= 11 is 0. The van der Waals surface area contributed by atoms with Gasteiger partial charge in [-0.1, -0.05) is 30.3 Å². The van der Waals surface area contributed by atoms with Crippen molar-refractivity contribution in [3.63, 3.8) is 0 Å². The molecule has 2 aliphatic rings. The number of benzene rings is 1. The quantitative estimate of drug-likeness (QED) is 0.748. The minimum Gasteiger partial charge on any atom is -0.300 e. The fourth-order valence-electron chi connectivity index (χ4n) is 4.08. The van der Waals surface area contributed by atoms with Gasteiger partial charge in [0.25, 0.3) is 0 Å². The second-order valence-corrected chi connectivity index (χ2v) is 6.40. The molecule has 0 spiro atoms. The van der Waals surface area contributed by atoms with Gasteiger partial charge in [-0.3, -0.25) is 4.79 Å². The first kappa shape index (κ1) is 12.9. The number of hydrogen-bond donors (Lipinski definition) is 0. The molecule has 0 saturated heterocycles. The zero-order valence-corrected chi connectivity index (χ0v) is 11.7. The Morgan fingerprint density at radius 3 is 1.95 bits per heavy atom. The van der Waals surface area contributed by atoms with Gasteiger partial charge >= 0.3 is 0 Å². The molecule has 0 atom stereocenters. The number of carbonyl (C=O) groups excluding carboxylic acids is 1. The third-order valence-electron chi connectivity index (χ3n) is 5.30. The van der Waals surface area contributed by atoms with Crippen LogP contribution in [0.1, 0.15) is 62.8 Å². The van der Waals surface area contributed by atoms with Crippen molar-refractivity contribution in [2.24, 2.45) is 11.8 Å². The highest BCUT2D eigenvalue weighted by Gasteiger charge is 2.30. The van der Waals surface area contributed by atoms with Crippen LogP contribution in [-0.2, 0) is 4.79 Å². The summed E-state index contributed by atoms with van der Waals surface area (Å²) in [7, 11) is 0. The van der Waals surface area contributed by atoms with Crippen LogP contribution in [0.15, 0.2) is 30.3 Å². The van der Waals surface area contributed by atoms with E-state index in [4.69, 9.17) is 0 Å². The second-order valence-electron chi connectivity index (χ2n) is 6.40. The van der Waals surface area contributed by atoms with Crippen LogP contribution >= 0.6 is 0 Å². The van der Waals surface area contributed by atoms with Gasteiger partial charge in [0.1, 0.15) is 5.78 Å². The summed E-state index contributed by atoms with van der Waals surface area (Å²) < 4.78 is 0. The normalized spacial score (nSPS) is 29.4. The van der Waals surface area contributed by atoms with Crippen LogP contribution < -0.4 is 0 Å². The Labute approximate surface area is 116 Å². The molecular formula is C18H24O. The first-order valence-electron chi connectivity index (χ1n) is 7.89. The molecule has 1 heteroatoms. The zero-order valence-electron chi connectivity index (χ0n) is 11.7.